The van der Waals surface area contributed by atoms with Gasteiger partial charge in [0.05, 0.1) is 25.5 Å². The van der Waals surface area contributed by atoms with E-state index >= 15 is 0 Å². The van der Waals surface area contributed by atoms with Crippen molar-refractivity contribution in [3.63, 3.8) is 0 Å². The van der Waals surface area contributed by atoms with Crippen molar-refractivity contribution >= 4 is 0 Å². The fourth-order valence-corrected chi connectivity index (χ4v) is 1.26. The molecule has 1 N–H and O–H groups in total. The molecule has 1 aromatic heterocycles. The van der Waals surface area contributed by atoms with E-state index in [2.05, 4.69) is 17.2 Å². The minimum absolute atomic E-state index is 0.290. The zero-order chi connectivity index (χ0) is 13.1. The molecule has 1 aromatic rings. The highest BCUT2D eigenvalue weighted by atomic mass is 16.6. The highest BCUT2D eigenvalue weighted by Gasteiger charge is 2.04. The average molecular weight is 258 g/mol. The molecule has 0 fully saturated rings. The van der Waals surface area contributed by atoms with Crippen LogP contribution in [-0.2, 0) is 16.0 Å². The minimum atomic E-state index is 0.290. The van der Waals surface area contributed by atoms with Crippen molar-refractivity contribution in [2.24, 2.45) is 0 Å². The summed E-state index contributed by atoms with van der Waals surface area (Å²) in [6.45, 7) is 5.86. The second-order valence-corrected chi connectivity index (χ2v) is 3.74. The summed E-state index contributed by atoms with van der Waals surface area (Å²) in [7, 11) is 1.64. The number of hydrogen-bond acceptors (Lipinski definition) is 6. The van der Waals surface area contributed by atoms with Gasteiger partial charge in [-0.1, -0.05) is 6.92 Å². The van der Waals surface area contributed by atoms with Gasteiger partial charge in [-0.3, -0.25) is 0 Å². The number of oxazole rings is 1. The van der Waals surface area contributed by atoms with E-state index in [4.69, 9.17) is 18.6 Å². The zero-order valence-electron chi connectivity index (χ0n) is 11.1. The summed E-state index contributed by atoms with van der Waals surface area (Å²) < 4.78 is 20.6. The van der Waals surface area contributed by atoms with Crippen LogP contribution >= 0.6 is 0 Å². The first kappa shape index (κ1) is 14.9. The van der Waals surface area contributed by atoms with E-state index < -0.39 is 0 Å². The number of hydrogen-bond donors (Lipinski definition) is 1. The van der Waals surface area contributed by atoms with Crippen molar-refractivity contribution in [2.75, 3.05) is 40.1 Å². The lowest BCUT2D eigenvalue weighted by molar-refractivity contribution is 0.0489. The first-order valence-corrected chi connectivity index (χ1v) is 6.21. The highest BCUT2D eigenvalue weighted by molar-refractivity contribution is 4.99. The maximum atomic E-state index is 5.30. The molecule has 0 aliphatic heterocycles. The molecule has 18 heavy (non-hydrogen) atoms. The van der Waals surface area contributed by atoms with Gasteiger partial charge in [-0.2, -0.15) is 4.98 Å². The second-order valence-electron chi connectivity index (χ2n) is 3.74. The molecular formula is C12H22N2O4. The van der Waals surface area contributed by atoms with Crippen LogP contribution in [0.5, 0.6) is 6.08 Å². The zero-order valence-corrected chi connectivity index (χ0v) is 11.1. The van der Waals surface area contributed by atoms with Gasteiger partial charge in [-0.05, 0) is 13.0 Å². The van der Waals surface area contributed by atoms with Crippen molar-refractivity contribution in [1.29, 1.82) is 0 Å². The van der Waals surface area contributed by atoms with Gasteiger partial charge in [-0.25, -0.2) is 0 Å². The van der Waals surface area contributed by atoms with E-state index in [1.54, 1.807) is 13.4 Å². The van der Waals surface area contributed by atoms with E-state index in [9.17, 15) is 0 Å². The summed E-state index contributed by atoms with van der Waals surface area (Å²) in [5, 5.41) is 3.24. The maximum absolute atomic E-state index is 5.30. The second kappa shape index (κ2) is 9.87. The van der Waals surface area contributed by atoms with Gasteiger partial charge in [-0.15, -0.1) is 0 Å². The largest absolute Gasteiger partial charge is 0.448 e. The molecule has 0 aliphatic carbocycles. The molecule has 6 heteroatoms. The Kier molecular flexibility index (Phi) is 8.20. The molecule has 104 valence electrons. The molecule has 1 heterocycles. The molecule has 0 radical (unpaired) electrons. The Morgan fingerprint density at radius 2 is 2.11 bits per heavy atom. The van der Waals surface area contributed by atoms with Crippen LogP contribution in [0, 0.1) is 0 Å². The van der Waals surface area contributed by atoms with E-state index in [0.29, 0.717) is 39.0 Å². The number of ether oxygens (including phenoxy) is 3. The Morgan fingerprint density at radius 3 is 2.89 bits per heavy atom. The molecule has 1 rings (SSSR count). The first-order valence-electron chi connectivity index (χ1n) is 6.21. The van der Waals surface area contributed by atoms with Crippen LogP contribution in [0.25, 0.3) is 0 Å². The normalized spacial score (nSPS) is 10.8. The van der Waals surface area contributed by atoms with E-state index in [1.807, 2.05) is 0 Å². The Balaban J connectivity index is 2.07. The number of aromatic nitrogens is 1. The Hall–Kier alpha value is -1.11. The first-order chi connectivity index (χ1) is 8.86. The van der Waals surface area contributed by atoms with Crippen molar-refractivity contribution in [3.05, 3.63) is 12.0 Å². The summed E-state index contributed by atoms with van der Waals surface area (Å²) in [6.07, 6.45) is 2.99. The van der Waals surface area contributed by atoms with Crippen LogP contribution in [0.3, 0.4) is 0 Å². The van der Waals surface area contributed by atoms with Crippen molar-refractivity contribution in [3.8, 4) is 6.08 Å². The summed E-state index contributed by atoms with van der Waals surface area (Å²) in [5.74, 6) is 0. The van der Waals surface area contributed by atoms with E-state index in [-0.39, 0.29) is 0 Å². The predicted octanol–water partition coefficient (Wildman–Crippen LogP) is 1.22. The molecule has 0 saturated heterocycles. The molecule has 0 bridgehead atoms. The maximum Gasteiger partial charge on any atom is 0.393 e. The summed E-state index contributed by atoms with van der Waals surface area (Å²) in [5.41, 5.74) is 0.846. The third-order valence-electron chi connectivity index (χ3n) is 2.15. The number of nitrogens with one attached hydrogen (secondary N) is 1. The Labute approximate surface area is 108 Å². The molecular weight excluding hydrogens is 236 g/mol. The topological polar surface area (TPSA) is 65.8 Å². The van der Waals surface area contributed by atoms with Gasteiger partial charge in [0.1, 0.15) is 12.9 Å². The van der Waals surface area contributed by atoms with Crippen molar-refractivity contribution in [1.82, 2.24) is 10.3 Å². The van der Waals surface area contributed by atoms with E-state index in [1.165, 1.54) is 0 Å². The predicted molar refractivity (Wildman–Crippen MR) is 66.7 cm³/mol. The van der Waals surface area contributed by atoms with E-state index in [0.717, 1.165) is 18.7 Å². The lowest BCUT2D eigenvalue weighted by atomic mass is 10.4. The average Bonchev–Trinajstić information content (AvgIpc) is 2.82. The van der Waals surface area contributed by atoms with Crippen LogP contribution in [0.1, 0.15) is 19.0 Å². The third kappa shape index (κ3) is 6.58. The molecule has 0 saturated carbocycles. The van der Waals surface area contributed by atoms with Gasteiger partial charge in [0.25, 0.3) is 0 Å². The Bertz CT molecular complexity index is 304. The lowest BCUT2D eigenvalue weighted by Crippen LogP contribution is -2.14. The van der Waals surface area contributed by atoms with Crippen molar-refractivity contribution in [2.45, 2.75) is 19.9 Å². The third-order valence-corrected chi connectivity index (χ3v) is 2.15. The molecule has 0 spiro atoms. The lowest BCUT2D eigenvalue weighted by Gasteiger charge is -2.03. The standard InChI is InChI=1S/C12H22N2O4/c1-3-4-13-9-11-10-18-12(14-11)17-8-7-16-6-5-15-2/h10,13H,3-9H2,1-2H3. The molecule has 0 atom stereocenters. The van der Waals surface area contributed by atoms with Gasteiger partial charge in [0, 0.05) is 13.7 Å². The van der Waals surface area contributed by atoms with Gasteiger partial charge in [0.2, 0.25) is 0 Å². The SMILES string of the molecule is CCCNCc1coc(OCCOCCOC)n1. The molecule has 0 unspecified atom stereocenters. The van der Waals surface area contributed by atoms with Crippen LogP contribution < -0.4 is 10.1 Å². The number of methoxy groups -OCH3 is 1. The van der Waals surface area contributed by atoms with Crippen molar-refractivity contribution < 1.29 is 18.6 Å². The molecule has 0 aliphatic rings. The molecule has 0 aromatic carbocycles. The van der Waals surface area contributed by atoms with Gasteiger partial charge >= 0.3 is 6.08 Å². The van der Waals surface area contributed by atoms with Crippen LogP contribution in [0.2, 0.25) is 0 Å². The summed E-state index contributed by atoms with van der Waals surface area (Å²) in [6, 6.07) is 0. The van der Waals surface area contributed by atoms with Crippen LogP contribution in [0.15, 0.2) is 10.7 Å². The monoisotopic (exact) mass is 258 g/mol. The van der Waals surface area contributed by atoms with Gasteiger partial charge < -0.3 is 23.9 Å². The van der Waals surface area contributed by atoms with Crippen LogP contribution in [0.4, 0.5) is 0 Å². The molecule has 0 amide bonds. The van der Waals surface area contributed by atoms with Gasteiger partial charge in [0.15, 0.2) is 0 Å². The highest BCUT2D eigenvalue weighted by Crippen LogP contribution is 2.09. The number of rotatable bonds is 11. The molecule has 6 nitrogen and oxygen atoms in total. The fourth-order valence-electron chi connectivity index (χ4n) is 1.26. The Morgan fingerprint density at radius 1 is 1.28 bits per heavy atom. The quantitative estimate of drug-likeness (QED) is 0.602. The summed E-state index contributed by atoms with van der Waals surface area (Å²) >= 11 is 0. The van der Waals surface area contributed by atoms with Crippen LogP contribution in [-0.4, -0.2) is 45.1 Å². The minimum Gasteiger partial charge on any atom is -0.448 e. The number of nitrogens with zero attached hydrogens (tertiary/aromatic N) is 1. The fraction of sp³-hybridized carbons (Fsp3) is 0.750. The smallest absolute Gasteiger partial charge is 0.393 e. The summed E-state index contributed by atoms with van der Waals surface area (Å²) in [4.78, 5) is 4.18.